The summed E-state index contributed by atoms with van der Waals surface area (Å²) in [6.07, 6.45) is 2.22. The van der Waals surface area contributed by atoms with Crippen molar-refractivity contribution in [3.8, 4) is 5.75 Å². The molecule has 0 radical (unpaired) electrons. The summed E-state index contributed by atoms with van der Waals surface area (Å²) in [5.41, 5.74) is 2.42. The highest BCUT2D eigenvalue weighted by atomic mass is 16.5. The van der Waals surface area contributed by atoms with Gasteiger partial charge in [-0.1, -0.05) is 36.4 Å². The van der Waals surface area contributed by atoms with Gasteiger partial charge in [0.05, 0.1) is 24.8 Å². The van der Waals surface area contributed by atoms with Crippen LogP contribution in [0.4, 0.5) is 11.5 Å². The Bertz CT molecular complexity index is 1200. The van der Waals surface area contributed by atoms with Crippen LogP contribution in [0, 0.1) is 0 Å². The minimum absolute atomic E-state index is 0.0294. The molecule has 2 saturated heterocycles. The van der Waals surface area contributed by atoms with E-state index < -0.39 is 0 Å². The number of nitrogens with one attached hydrogen (secondary N) is 1. The standard InChI is InChI=1S/C27H28N4O4/c1-34-21-10-5-9-20(15-21)29-26-22(11-6-13-28-26)27(33)30-16-23-24(17-30)35-18-25(32)31(23)14-12-19-7-3-2-4-8-19/h2-11,13,15,23-24H,12,14,16-18H2,1H3,(H,28,29)/t23-,24-/m0/s1. The minimum Gasteiger partial charge on any atom is -0.497 e. The lowest BCUT2D eigenvalue weighted by Crippen LogP contribution is -2.54. The van der Waals surface area contributed by atoms with Gasteiger partial charge in [0.1, 0.15) is 18.2 Å². The maximum atomic E-state index is 13.6. The lowest BCUT2D eigenvalue weighted by molar-refractivity contribution is -0.152. The topological polar surface area (TPSA) is 84.0 Å². The van der Waals surface area contributed by atoms with Gasteiger partial charge in [-0.2, -0.15) is 0 Å². The van der Waals surface area contributed by atoms with Crippen molar-refractivity contribution in [2.24, 2.45) is 0 Å². The van der Waals surface area contributed by atoms with Crippen LogP contribution in [-0.2, 0) is 16.0 Å². The van der Waals surface area contributed by atoms with Gasteiger partial charge in [-0.15, -0.1) is 0 Å². The molecule has 8 nitrogen and oxygen atoms in total. The van der Waals surface area contributed by atoms with E-state index in [1.165, 1.54) is 5.56 Å². The van der Waals surface area contributed by atoms with E-state index >= 15 is 0 Å². The molecule has 2 atom stereocenters. The molecule has 0 aliphatic carbocycles. The number of rotatable bonds is 7. The Hall–Kier alpha value is -3.91. The van der Waals surface area contributed by atoms with Crippen molar-refractivity contribution in [1.29, 1.82) is 0 Å². The van der Waals surface area contributed by atoms with Gasteiger partial charge in [-0.25, -0.2) is 4.98 Å². The van der Waals surface area contributed by atoms with Crippen molar-refractivity contribution in [3.05, 3.63) is 84.1 Å². The number of hydrogen-bond donors (Lipinski definition) is 1. The number of carbonyl (C=O) groups is 2. The summed E-state index contributed by atoms with van der Waals surface area (Å²) >= 11 is 0. The van der Waals surface area contributed by atoms with E-state index in [-0.39, 0.29) is 30.6 Å². The molecule has 1 aromatic heterocycles. The van der Waals surface area contributed by atoms with Crippen LogP contribution in [0.1, 0.15) is 15.9 Å². The number of aromatic nitrogens is 1. The second-order valence-corrected chi connectivity index (χ2v) is 8.71. The Morgan fingerprint density at radius 2 is 1.97 bits per heavy atom. The number of amides is 2. The third kappa shape index (κ3) is 4.97. The molecule has 3 aromatic rings. The van der Waals surface area contributed by atoms with E-state index in [0.717, 1.165) is 12.1 Å². The lowest BCUT2D eigenvalue weighted by Gasteiger charge is -2.36. The minimum atomic E-state index is -0.195. The quantitative estimate of drug-likeness (QED) is 0.569. The Morgan fingerprint density at radius 3 is 2.80 bits per heavy atom. The number of morpholine rings is 1. The number of nitrogens with zero attached hydrogens (tertiary/aromatic N) is 3. The first-order chi connectivity index (χ1) is 17.1. The van der Waals surface area contributed by atoms with E-state index in [1.54, 1.807) is 30.3 Å². The molecule has 2 aromatic carbocycles. The normalized spacial score (nSPS) is 19.4. The Labute approximate surface area is 204 Å². The van der Waals surface area contributed by atoms with Crippen LogP contribution in [0.3, 0.4) is 0 Å². The molecular formula is C27H28N4O4. The molecule has 0 saturated carbocycles. The average Bonchev–Trinajstić information content (AvgIpc) is 3.33. The molecule has 5 rings (SSSR count). The first kappa shape index (κ1) is 22.9. The predicted molar refractivity (Wildman–Crippen MR) is 132 cm³/mol. The summed E-state index contributed by atoms with van der Waals surface area (Å²) in [5.74, 6) is 1.01. The third-order valence-corrected chi connectivity index (χ3v) is 6.52. The highest BCUT2D eigenvalue weighted by Crippen LogP contribution is 2.28. The van der Waals surface area contributed by atoms with E-state index in [1.807, 2.05) is 47.4 Å². The monoisotopic (exact) mass is 472 g/mol. The summed E-state index contributed by atoms with van der Waals surface area (Å²) in [6, 6.07) is 20.9. The molecule has 0 unspecified atom stereocenters. The van der Waals surface area contributed by atoms with Gasteiger partial charge < -0.3 is 24.6 Å². The summed E-state index contributed by atoms with van der Waals surface area (Å²) in [4.78, 5) is 34.3. The molecular weight excluding hydrogens is 444 g/mol. The van der Waals surface area contributed by atoms with Crippen molar-refractivity contribution >= 4 is 23.3 Å². The first-order valence-corrected chi connectivity index (χ1v) is 11.7. The highest BCUT2D eigenvalue weighted by molar-refractivity contribution is 5.99. The second-order valence-electron chi connectivity index (χ2n) is 8.71. The van der Waals surface area contributed by atoms with Gasteiger partial charge in [0, 0.05) is 37.6 Å². The van der Waals surface area contributed by atoms with Crippen LogP contribution in [0.25, 0.3) is 0 Å². The lowest BCUT2D eigenvalue weighted by atomic mass is 10.1. The molecule has 3 heterocycles. The zero-order valence-corrected chi connectivity index (χ0v) is 19.6. The molecule has 1 N–H and O–H groups in total. The molecule has 2 aliphatic rings. The molecule has 0 spiro atoms. The number of hydrogen-bond acceptors (Lipinski definition) is 6. The van der Waals surface area contributed by atoms with Crippen LogP contribution < -0.4 is 10.1 Å². The summed E-state index contributed by atoms with van der Waals surface area (Å²) in [7, 11) is 1.61. The number of ether oxygens (including phenoxy) is 2. The maximum Gasteiger partial charge on any atom is 0.257 e. The Kier molecular flexibility index (Phi) is 6.63. The number of benzene rings is 2. The van der Waals surface area contributed by atoms with Crippen LogP contribution >= 0.6 is 0 Å². The smallest absolute Gasteiger partial charge is 0.257 e. The van der Waals surface area contributed by atoms with Crippen LogP contribution in [0.5, 0.6) is 5.75 Å². The van der Waals surface area contributed by atoms with Gasteiger partial charge in [0.15, 0.2) is 0 Å². The van der Waals surface area contributed by atoms with Gasteiger partial charge in [0.2, 0.25) is 5.91 Å². The van der Waals surface area contributed by atoms with Gasteiger partial charge in [-0.05, 0) is 36.2 Å². The predicted octanol–water partition coefficient (Wildman–Crippen LogP) is 3.13. The van der Waals surface area contributed by atoms with E-state index in [9.17, 15) is 9.59 Å². The number of anilines is 2. The molecule has 8 heteroatoms. The number of fused-ring (bicyclic) bond motifs is 1. The largest absolute Gasteiger partial charge is 0.497 e. The van der Waals surface area contributed by atoms with Crippen molar-refractivity contribution < 1.29 is 19.1 Å². The van der Waals surface area contributed by atoms with Gasteiger partial charge in [0.25, 0.3) is 5.91 Å². The number of pyridine rings is 1. The Balaban J connectivity index is 1.31. The fourth-order valence-electron chi connectivity index (χ4n) is 4.70. The fraction of sp³-hybridized carbons (Fsp3) is 0.296. The van der Waals surface area contributed by atoms with Crippen LogP contribution in [0.15, 0.2) is 72.9 Å². The SMILES string of the molecule is COc1cccc(Nc2ncccc2C(=O)N2C[C@@H]3OCC(=O)N(CCc4ccccc4)[C@H]3C2)c1. The zero-order valence-electron chi connectivity index (χ0n) is 19.6. The Morgan fingerprint density at radius 1 is 1.11 bits per heavy atom. The van der Waals surface area contributed by atoms with Crippen LogP contribution in [-0.4, -0.2) is 72.1 Å². The van der Waals surface area contributed by atoms with Crippen molar-refractivity contribution in [2.75, 3.05) is 38.7 Å². The summed E-state index contributed by atoms with van der Waals surface area (Å²) in [6.45, 7) is 1.52. The molecule has 2 fully saturated rings. The maximum absolute atomic E-state index is 13.6. The van der Waals surface area contributed by atoms with E-state index in [0.29, 0.717) is 36.8 Å². The van der Waals surface area contributed by atoms with Gasteiger partial charge >= 0.3 is 0 Å². The fourth-order valence-corrected chi connectivity index (χ4v) is 4.70. The molecule has 180 valence electrons. The highest BCUT2D eigenvalue weighted by Gasteiger charge is 2.44. The molecule has 2 aliphatic heterocycles. The molecule has 0 bridgehead atoms. The number of likely N-dealkylation sites (tertiary alicyclic amines) is 1. The third-order valence-electron chi connectivity index (χ3n) is 6.52. The number of carbonyl (C=O) groups excluding carboxylic acids is 2. The first-order valence-electron chi connectivity index (χ1n) is 11.7. The van der Waals surface area contributed by atoms with E-state index in [4.69, 9.17) is 9.47 Å². The van der Waals surface area contributed by atoms with E-state index in [2.05, 4.69) is 22.4 Å². The summed E-state index contributed by atoms with van der Waals surface area (Å²) < 4.78 is 11.1. The number of methoxy groups -OCH3 is 1. The van der Waals surface area contributed by atoms with Gasteiger partial charge in [-0.3, -0.25) is 9.59 Å². The van der Waals surface area contributed by atoms with Crippen molar-refractivity contribution in [1.82, 2.24) is 14.8 Å². The van der Waals surface area contributed by atoms with Crippen LogP contribution in [0.2, 0.25) is 0 Å². The van der Waals surface area contributed by atoms with Crippen molar-refractivity contribution in [2.45, 2.75) is 18.6 Å². The zero-order chi connectivity index (χ0) is 24.2. The molecule has 35 heavy (non-hydrogen) atoms. The summed E-state index contributed by atoms with van der Waals surface area (Å²) in [5, 5.41) is 3.23. The average molecular weight is 473 g/mol. The van der Waals surface area contributed by atoms with Crippen molar-refractivity contribution in [3.63, 3.8) is 0 Å². The molecule has 2 amide bonds. The second kappa shape index (κ2) is 10.1.